The predicted molar refractivity (Wildman–Crippen MR) is 92.6 cm³/mol. The molecule has 2 N–H and O–H groups in total. The van der Waals surface area contributed by atoms with Gasteiger partial charge in [-0.3, -0.25) is 4.57 Å². The van der Waals surface area contributed by atoms with E-state index in [0.717, 1.165) is 49.6 Å². The lowest BCUT2D eigenvalue weighted by atomic mass is 10.1. The molecule has 118 valence electrons. The van der Waals surface area contributed by atoms with Gasteiger partial charge in [-0.2, -0.15) is 0 Å². The van der Waals surface area contributed by atoms with Crippen LogP contribution in [0, 0.1) is 0 Å². The number of hydrogen-bond acceptors (Lipinski definition) is 4. The van der Waals surface area contributed by atoms with Gasteiger partial charge in [0, 0.05) is 12.2 Å². The van der Waals surface area contributed by atoms with Gasteiger partial charge in [-0.05, 0) is 43.6 Å². The van der Waals surface area contributed by atoms with Gasteiger partial charge in [0.15, 0.2) is 5.65 Å². The molecule has 0 bridgehead atoms. The minimum absolute atomic E-state index is 0.475. The molecule has 0 amide bonds. The van der Waals surface area contributed by atoms with E-state index in [1.807, 2.05) is 24.4 Å². The molecule has 0 atom stereocenters. The Hall–Kier alpha value is -2.40. The SMILES string of the molecule is c1ccc(Cn2c(NC3CCNCC3)nc3cccnc32)cc1. The molecule has 0 aliphatic carbocycles. The van der Waals surface area contributed by atoms with Crippen molar-refractivity contribution in [2.24, 2.45) is 0 Å². The second kappa shape index (κ2) is 6.38. The molecule has 5 heteroatoms. The van der Waals surface area contributed by atoms with Crippen LogP contribution in [0.3, 0.4) is 0 Å². The molecule has 2 aromatic heterocycles. The highest BCUT2D eigenvalue weighted by molar-refractivity contribution is 5.74. The minimum Gasteiger partial charge on any atom is -0.353 e. The van der Waals surface area contributed by atoms with E-state index >= 15 is 0 Å². The summed E-state index contributed by atoms with van der Waals surface area (Å²) >= 11 is 0. The average molecular weight is 307 g/mol. The molecule has 3 aromatic rings. The van der Waals surface area contributed by atoms with Gasteiger partial charge in [-0.25, -0.2) is 9.97 Å². The Bertz CT molecular complexity index is 774. The van der Waals surface area contributed by atoms with Crippen molar-refractivity contribution in [3.05, 3.63) is 54.2 Å². The van der Waals surface area contributed by atoms with Crippen LogP contribution in [0.5, 0.6) is 0 Å². The van der Waals surface area contributed by atoms with Crippen molar-refractivity contribution < 1.29 is 0 Å². The normalized spacial score (nSPS) is 15.8. The topological polar surface area (TPSA) is 54.8 Å². The van der Waals surface area contributed by atoms with Gasteiger partial charge in [0.1, 0.15) is 5.52 Å². The lowest BCUT2D eigenvalue weighted by Gasteiger charge is -2.24. The number of nitrogens with one attached hydrogen (secondary N) is 2. The van der Waals surface area contributed by atoms with Crippen LogP contribution in [0.2, 0.25) is 0 Å². The molecule has 4 rings (SSSR count). The number of piperidine rings is 1. The van der Waals surface area contributed by atoms with Gasteiger partial charge < -0.3 is 10.6 Å². The summed E-state index contributed by atoms with van der Waals surface area (Å²) < 4.78 is 2.19. The first-order valence-electron chi connectivity index (χ1n) is 8.22. The van der Waals surface area contributed by atoms with E-state index in [2.05, 4.69) is 44.5 Å². The summed E-state index contributed by atoms with van der Waals surface area (Å²) in [6, 6.07) is 14.9. The number of rotatable bonds is 4. The Morgan fingerprint density at radius 1 is 1.09 bits per heavy atom. The number of hydrogen-bond donors (Lipinski definition) is 2. The van der Waals surface area contributed by atoms with E-state index in [1.54, 1.807) is 0 Å². The van der Waals surface area contributed by atoms with Crippen LogP contribution in [0.1, 0.15) is 18.4 Å². The highest BCUT2D eigenvalue weighted by Crippen LogP contribution is 2.21. The van der Waals surface area contributed by atoms with Gasteiger partial charge in [0.25, 0.3) is 0 Å². The lowest BCUT2D eigenvalue weighted by molar-refractivity contribution is 0.476. The van der Waals surface area contributed by atoms with Gasteiger partial charge in [0.05, 0.1) is 6.54 Å². The quantitative estimate of drug-likeness (QED) is 0.778. The second-order valence-corrected chi connectivity index (χ2v) is 6.02. The molecular weight excluding hydrogens is 286 g/mol. The van der Waals surface area contributed by atoms with Gasteiger partial charge >= 0.3 is 0 Å². The largest absolute Gasteiger partial charge is 0.353 e. The van der Waals surface area contributed by atoms with E-state index in [-0.39, 0.29) is 0 Å². The van der Waals surface area contributed by atoms with Crippen molar-refractivity contribution in [3.8, 4) is 0 Å². The first kappa shape index (κ1) is 14.2. The Morgan fingerprint density at radius 3 is 2.74 bits per heavy atom. The Morgan fingerprint density at radius 2 is 1.91 bits per heavy atom. The number of imidazole rings is 1. The number of anilines is 1. The van der Waals surface area contributed by atoms with Crippen molar-refractivity contribution in [2.45, 2.75) is 25.4 Å². The summed E-state index contributed by atoms with van der Waals surface area (Å²) in [6.45, 7) is 2.91. The fourth-order valence-electron chi connectivity index (χ4n) is 3.13. The third-order valence-electron chi connectivity index (χ3n) is 4.36. The van der Waals surface area contributed by atoms with Crippen molar-refractivity contribution in [1.29, 1.82) is 0 Å². The van der Waals surface area contributed by atoms with Crippen LogP contribution in [0.25, 0.3) is 11.2 Å². The summed E-state index contributed by atoms with van der Waals surface area (Å²) in [7, 11) is 0. The molecule has 1 fully saturated rings. The Labute approximate surface area is 135 Å². The number of pyridine rings is 1. The van der Waals surface area contributed by atoms with E-state index in [0.29, 0.717) is 6.04 Å². The predicted octanol–water partition coefficient (Wildman–Crippen LogP) is 2.64. The summed E-state index contributed by atoms with van der Waals surface area (Å²) in [6.07, 6.45) is 4.09. The molecule has 1 aliphatic rings. The molecule has 3 heterocycles. The number of aromatic nitrogens is 3. The summed E-state index contributed by atoms with van der Waals surface area (Å²) in [5, 5.41) is 7.03. The van der Waals surface area contributed by atoms with Crippen molar-refractivity contribution >= 4 is 17.1 Å². The zero-order chi connectivity index (χ0) is 15.5. The van der Waals surface area contributed by atoms with E-state index in [1.165, 1.54) is 5.56 Å². The van der Waals surface area contributed by atoms with Gasteiger partial charge in [0.2, 0.25) is 5.95 Å². The van der Waals surface area contributed by atoms with E-state index in [9.17, 15) is 0 Å². The van der Waals surface area contributed by atoms with E-state index < -0.39 is 0 Å². The maximum atomic E-state index is 4.77. The molecule has 5 nitrogen and oxygen atoms in total. The first-order valence-corrected chi connectivity index (χ1v) is 8.22. The fourth-order valence-corrected chi connectivity index (χ4v) is 3.13. The number of benzene rings is 1. The summed E-state index contributed by atoms with van der Waals surface area (Å²) in [5.74, 6) is 0.925. The van der Waals surface area contributed by atoms with Crippen molar-refractivity contribution in [3.63, 3.8) is 0 Å². The van der Waals surface area contributed by atoms with E-state index in [4.69, 9.17) is 4.98 Å². The molecule has 23 heavy (non-hydrogen) atoms. The van der Waals surface area contributed by atoms with Crippen LogP contribution in [-0.2, 0) is 6.54 Å². The molecule has 1 aromatic carbocycles. The zero-order valence-corrected chi connectivity index (χ0v) is 13.1. The van der Waals surface area contributed by atoms with Crippen molar-refractivity contribution in [2.75, 3.05) is 18.4 Å². The maximum absolute atomic E-state index is 4.77. The monoisotopic (exact) mass is 307 g/mol. The van der Waals surface area contributed by atoms with Crippen LogP contribution in [-0.4, -0.2) is 33.7 Å². The highest BCUT2D eigenvalue weighted by Gasteiger charge is 2.17. The summed E-state index contributed by atoms with van der Waals surface area (Å²) in [5.41, 5.74) is 3.14. The Balaban J connectivity index is 1.69. The lowest BCUT2D eigenvalue weighted by Crippen LogP contribution is -2.36. The molecular formula is C18H21N5. The molecule has 0 unspecified atom stereocenters. The Kier molecular flexibility index (Phi) is 3.94. The van der Waals surface area contributed by atoms with Gasteiger partial charge in [-0.15, -0.1) is 0 Å². The zero-order valence-electron chi connectivity index (χ0n) is 13.1. The van der Waals surface area contributed by atoms with Crippen LogP contribution in [0.4, 0.5) is 5.95 Å². The minimum atomic E-state index is 0.475. The summed E-state index contributed by atoms with van der Waals surface area (Å²) in [4.78, 5) is 9.31. The van der Waals surface area contributed by atoms with Crippen molar-refractivity contribution in [1.82, 2.24) is 19.9 Å². The van der Waals surface area contributed by atoms with Gasteiger partial charge in [-0.1, -0.05) is 30.3 Å². The first-order chi connectivity index (χ1) is 11.4. The second-order valence-electron chi connectivity index (χ2n) is 6.02. The fraction of sp³-hybridized carbons (Fsp3) is 0.333. The third kappa shape index (κ3) is 3.05. The highest BCUT2D eigenvalue weighted by atomic mass is 15.2. The molecule has 1 saturated heterocycles. The average Bonchev–Trinajstić information content (AvgIpc) is 2.94. The third-order valence-corrected chi connectivity index (χ3v) is 4.36. The van der Waals surface area contributed by atoms with Crippen LogP contribution < -0.4 is 10.6 Å². The van der Waals surface area contributed by atoms with Crippen LogP contribution >= 0.6 is 0 Å². The molecule has 0 spiro atoms. The number of fused-ring (bicyclic) bond motifs is 1. The smallest absolute Gasteiger partial charge is 0.205 e. The molecule has 0 saturated carbocycles. The maximum Gasteiger partial charge on any atom is 0.205 e. The van der Waals surface area contributed by atoms with Crippen LogP contribution in [0.15, 0.2) is 48.7 Å². The molecule has 1 aliphatic heterocycles. The standard InChI is InChI=1S/C18H21N5/c1-2-5-14(6-3-1)13-23-17-16(7-4-10-20-17)22-18(23)21-15-8-11-19-12-9-15/h1-7,10,15,19H,8-9,11-13H2,(H,21,22). The molecule has 0 radical (unpaired) electrons. The number of nitrogens with zero attached hydrogens (tertiary/aromatic N) is 3.